The summed E-state index contributed by atoms with van der Waals surface area (Å²) >= 11 is 0. The van der Waals surface area contributed by atoms with Crippen molar-refractivity contribution in [3.8, 4) is 11.5 Å². The van der Waals surface area contributed by atoms with E-state index in [0.29, 0.717) is 17.9 Å². The van der Waals surface area contributed by atoms with E-state index in [1.54, 1.807) is 6.07 Å². The summed E-state index contributed by atoms with van der Waals surface area (Å²) < 4.78 is 32.1. The van der Waals surface area contributed by atoms with Gasteiger partial charge in [0.2, 0.25) is 16.9 Å². The highest BCUT2D eigenvalue weighted by Gasteiger charge is 2.53. The van der Waals surface area contributed by atoms with E-state index in [0.717, 1.165) is 0 Å². The van der Waals surface area contributed by atoms with Crippen LogP contribution in [0.1, 0.15) is 12.8 Å². The van der Waals surface area contributed by atoms with E-state index >= 15 is 0 Å². The minimum atomic E-state index is -3.87. The van der Waals surface area contributed by atoms with Gasteiger partial charge >= 0.3 is 0 Å². The third-order valence-electron chi connectivity index (χ3n) is 4.49. The number of hydrogen-bond donors (Lipinski definition) is 2. The van der Waals surface area contributed by atoms with Gasteiger partial charge < -0.3 is 4.42 Å². The van der Waals surface area contributed by atoms with Gasteiger partial charge in [-0.2, -0.15) is 9.40 Å². The summed E-state index contributed by atoms with van der Waals surface area (Å²) in [5, 5.41) is 8.54. The summed E-state index contributed by atoms with van der Waals surface area (Å²) in [6, 6.07) is 4.57. The zero-order valence-electron chi connectivity index (χ0n) is 12.5. The summed E-state index contributed by atoms with van der Waals surface area (Å²) in [5.41, 5.74) is -0.390. The van der Waals surface area contributed by atoms with E-state index in [1.165, 1.54) is 22.6 Å². The molecule has 2 aliphatic heterocycles. The van der Waals surface area contributed by atoms with Crippen LogP contribution in [0.5, 0.6) is 0 Å². The van der Waals surface area contributed by atoms with Crippen LogP contribution in [0.15, 0.2) is 33.9 Å². The van der Waals surface area contributed by atoms with Gasteiger partial charge in [0.1, 0.15) is 5.69 Å². The van der Waals surface area contributed by atoms with E-state index in [-0.39, 0.29) is 30.5 Å². The summed E-state index contributed by atoms with van der Waals surface area (Å²) in [5.74, 6) is -0.407. The molecule has 2 fully saturated rings. The molecule has 24 heavy (non-hydrogen) atoms. The Bertz CT molecular complexity index is 917. The molecule has 4 rings (SSSR count). The molecule has 0 radical (unpaired) electrons. The summed E-state index contributed by atoms with van der Waals surface area (Å²) in [4.78, 5) is 23.4. The van der Waals surface area contributed by atoms with E-state index in [1.807, 2.05) is 0 Å². The number of H-pyrrole nitrogens is 1. The largest absolute Gasteiger partial charge is 0.442 e. The Morgan fingerprint density at radius 3 is 2.75 bits per heavy atom. The van der Waals surface area contributed by atoms with Gasteiger partial charge in [-0.05, 0) is 24.6 Å². The molecule has 2 aromatic heterocycles. The monoisotopic (exact) mass is 350 g/mol. The van der Waals surface area contributed by atoms with E-state index < -0.39 is 21.3 Å². The van der Waals surface area contributed by atoms with Crippen LogP contribution < -0.4 is 5.32 Å². The number of nitrogens with zero attached hydrogens (tertiary/aromatic N) is 2. The zero-order valence-corrected chi connectivity index (χ0v) is 13.3. The highest BCUT2D eigenvalue weighted by Crippen LogP contribution is 2.40. The maximum atomic E-state index is 12.7. The van der Waals surface area contributed by atoms with Gasteiger partial charge in [-0.15, -0.1) is 0 Å². The molecule has 2 N–H and O–H groups in total. The van der Waals surface area contributed by atoms with E-state index in [9.17, 15) is 18.0 Å². The maximum Gasteiger partial charge on any atom is 0.276 e. The van der Waals surface area contributed by atoms with Crippen molar-refractivity contribution >= 4 is 21.8 Å². The molecular weight excluding hydrogens is 336 g/mol. The number of amides is 2. The van der Waals surface area contributed by atoms with E-state index in [4.69, 9.17) is 4.42 Å². The molecule has 126 valence electrons. The van der Waals surface area contributed by atoms with Gasteiger partial charge in [-0.3, -0.25) is 20.0 Å². The first-order valence-electron chi connectivity index (χ1n) is 7.35. The number of furan rings is 1. The number of imide groups is 1. The Morgan fingerprint density at radius 2 is 2.08 bits per heavy atom. The lowest BCUT2D eigenvalue weighted by Crippen LogP contribution is -2.36. The van der Waals surface area contributed by atoms with Crippen molar-refractivity contribution in [1.29, 1.82) is 0 Å². The molecule has 9 nitrogen and oxygen atoms in total. The van der Waals surface area contributed by atoms with Crippen LogP contribution in [0.2, 0.25) is 0 Å². The minimum absolute atomic E-state index is 0.0208. The van der Waals surface area contributed by atoms with Crippen molar-refractivity contribution in [2.24, 2.45) is 5.41 Å². The molecule has 0 aromatic carbocycles. The molecule has 2 saturated heterocycles. The van der Waals surface area contributed by atoms with Gasteiger partial charge in [0.05, 0.1) is 5.41 Å². The number of hydrogen-bond acceptors (Lipinski definition) is 6. The number of aromatic amines is 1. The second-order valence-electron chi connectivity index (χ2n) is 6.01. The lowest BCUT2D eigenvalue weighted by molar-refractivity contribution is -0.128. The molecule has 2 aromatic rings. The lowest BCUT2D eigenvalue weighted by atomic mass is 9.86. The number of rotatable bonds is 3. The molecule has 0 saturated carbocycles. The Labute approximate surface area is 137 Å². The summed E-state index contributed by atoms with van der Waals surface area (Å²) in [7, 11) is -3.87. The second-order valence-corrected chi connectivity index (χ2v) is 7.88. The van der Waals surface area contributed by atoms with Gasteiger partial charge in [0, 0.05) is 25.7 Å². The quantitative estimate of drug-likeness (QED) is 0.756. The molecule has 2 amide bonds. The highest BCUT2D eigenvalue weighted by molar-refractivity contribution is 7.89. The topological polar surface area (TPSA) is 125 Å². The van der Waals surface area contributed by atoms with Gasteiger partial charge in [0.15, 0.2) is 5.76 Å². The van der Waals surface area contributed by atoms with Crippen LogP contribution in [0.4, 0.5) is 0 Å². The molecule has 4 heterocycles. The number of nitrogens with one attached hydrogen (secondary N) is 2. The Hall–Kier alpha value is -2.46. The predicted molar refractivity (Wildman–Crippen MR) is 79.9 cm³/mol. The van der Waals surface area contributed by atoms with E-state index in [2.05, 4.69) is 15.5 Å². The molecule has 1 spiro atoms. The fraction of sp³-hybridized carbons (Fsp3) is 0.357. The van der Waals surface area contributed by atoms with Crippen LogP contribution in [0.3, 0.4) is 0 Å². The Morgan fingerprint density at radius 1 is 1.25 bits per heavy atom. The average molecular weight is 350 g/mol. The Kier molecular flexibility index (Phi) is 3.15. The Balaban J connectivity index is 1.60. The van der Waals surface area contributed by atoms with Crippen molar-refractivity contribution < 1.29 is 22.4 Å². The maximum absolute atomic E-state index is 12.7. The number of aromatic nitrogens is 2. The molecule has 0 bridgehead atoms. The number of carbonyl (C=O) groups excluding carboxylic acids is 2. The predicted octanol–water partition coefficient (Wildman–Crippen LogP) is 0.0970. The first-order chi connectivity index (χ1) is 11.4. The molecule has 0 unspecified atom stereocenters. The van der Waals surface area contributed by atoms with Crippen molar-refractivity contribution in [3.63, 3.8) is 0 Å². The average Bonchev–Trinajstić information content (AvgIpc) is 3.29. The molecule has 10 heteroatoms. The van der Waals surface area contributed by atoms with Crippen LogP contribution in [-0.2, 0) is 19.6 Å². The van der Waals surface area contributed by atoms with Crippen molar-refractivity contribution in [2.75, 3.05) is 13.1 Å². The van der Waals surface area contributed by atoms with Gasteiger partial charge in [-0.25, -0.2) is 8.42 Å². The van der Waals surface area contributed by atoms with Crippen molar-refractivity contribution in [3.05, 3.63) is 24.4 Å². The SMILES string of the molecule is O=C1C[C@]2(CCN(S(=O)(=O)c3ccc(-c4ccn[nH]4)o3)C2)C(=O)N1. The van der Waals surface area contributed by atoms with Crippen molar-refractivity contribution in [1.82, 2.24) is 19.8 Å². The fourth-order valence-electron chi connectivity index (χ4n) is 3.18. The standard InChI is InChI=1S/C14H14N4O5S/c19-11-7-14(13(20)16-11)4-6-18(8-14)24(21,22)12-2-1-10(23-12)9-3-5-15-17-9/h1-3,5H,4,6-8H2,(H,15,17)(H,16,19,20)/t14-/m0/s1. The molecule has 1 atom stereocenters. The third kappa shape index (κ3) is 2.18. The van der Waals surface area contributed by atoms with Crippen molar-refractivity contribution in [2.45, 2.75) is 17.9 Å². The first-order valence-corrected chi connectivity index (χ1v) is 8.79. The first kappa shape index (κ1) is 15.1. The summed E-state index contributed by atoms with van der Waals surface area (Å²) in [6.45, 7) is 0.149. The lowest BCUT2D eigenvalue weighted by Gasteiger charge is -2.19. The molecule has 0 aliphatic carbocycles. The molecular formula is C14H14N4O5S. The zero-order chi connectivity index (χ0) is 16.9. The fourth-order valence-corrected chi connectivity index (χ4v) is 4.62. The normalized spacial score (nSPS) is 24.8. The van der Waals surface area contributed by atoms with Gasteiger partial charge in [-0.1, -0.05) is 0 Å². The smallest absolute Gasteiger partial charge is 0.276 e. The van der Waals surface area contributed by atoms with Gasteiger partial charge in [0.25, 0.3) is 10.0 Å². The summed E-state index contributed by atoms with van der Waals surface area (Å²) in [6.07, 6.45) is 1.87. The molecule has 2 aliphatic rings. The number of sulfonamides is 1. The van der Waals surface area contributed by atoms with Crippen LogP contribution >= 0.6 is 0 Å². The van der Waals surface area contributed by atoms with Crippen LogP contribution in [0.25, 0.3) is 11.5 Å². The third-order valence-corrected chi connectivity index (χ3v) is 6.21. The second kappa shape index (κ2) is 5.02. The highest BCUT2D eigenvalue weighted by atomic mass is 32.2. The van der Waals surface area contributed by atoms with Crippen LogP contribution in [0, 0.1) is 5.41 Å². The number of carbonyl (C=O) groups is 2. The minimum Gasteiger partial charge on any atom is -0.442 e. The van der Waals surface area contributed by atoms with Crippen LogP contribution in [-0.4, -0.2) is 47.8 Å².